The predicted octanol–water partition coefficient (Wildman–Crippen LogP) is 2.64. The molecular weight excluding hydrogens is 196 g/mol. The SMILES string of the molecule is CCNC1CCCCC1N1CCC(C)CC1. The molecule has 0 radical (unpaired) electrons. The Balaban J connectivity index is 1.89. The fourth-order valence-electron chi connectivity index (χ4n) is 3.41. The van der Waals surface area contributed by atoms with E-state index in [0.717, 1.165) is 24.5 Å². The van der Waals surface area contributed by atoms with Gasteiger partial charge in [-0.3, -0.25) is 4.90 Å². The summed E-state index contributed by atoms with van der Waals surface area (Å²) in [6.45, 7) is 8.46. The molecule has 1 aliphatic carbocycles. The molecule has 0 spiro atoms. The number of rotatable bonds is 3. The van der Waals surface area contributed by atoms with E-state index in [1.54, 1.807) is 0 Å². The van der Waals surface area contributed by atoms with Gasteiger partial charge in [-0.1, -0.05) is 26.7 Å². The summed E-state index contributed by atoms with van der Waals surface area (Å²) in [5.41, 5.74) is 0. The van der Waals surface area contributed by atoms with Crippen molar-refractivity contribution in [3.63, 3.8) is 0 Å². The van der Waals surface area contributed by atoms with Gasteiger partial charge in [0.05, 0.1) is 0 Å². The molecule has 0 amide bonds. The first-order valence-corrected chi connectivity index (χ1v) is 7.28. The second-order valence-corrected chi connectivity index (χ2v) is 5.73. The Morgan fingerprint density at radius 2 is 1.75 bits per heavy atom. The zero-order valence-corrected chi connectivity index (χ0v) is 11.0. The summed E-state index contributed by atoms with van der Waals surface area (Å²) in [5, 5.41) is 3.70. The highest BCUT2D eigenvalue weighted by atomic mass is 15.2. The van der Waals surface area contributed by atoms with Crippen molar-refractivity contribution in [3.05, 3.63) is 0 Å². The van der Waals surface area contributed by atoms with Gasteiger partial charge in [0.1, 0.15) is 0 Å². The molecule has 2 aliphatic rings. The van der Waals surface area contributed by atoms with Crippen LogP contribution in [0.4, 0.5) is 0 Å². The van der Waals surface area contributed by atoms with Crippen LogP contribution in [0.25, 0.3) is 0 Å². The Morgan fingerprint density at radius 3 is 2.44 bits per heavy atom. The lowest BCUT2D eigenvalue weighted by molar-refractivity contribution is 0.0867. The number of hydrogen-bond acceptors (Lipinski definition) is 2. The highest BCUT2D eigenvalue weighted by Gasteiger charge is 2.31. The second-order valence-electron chi connectivity index (χ2n) is 5.73. The average Bonchev–Trinajstić information content (AvgIpc) is 2.32. The van der Waals surface area contributed by atoms with Crippen molar-refractivity contribution >= 4 is 0 Å². The van der Waals surface area contributed by atoms with Crippen LogP contribution in [-0.2, 0) is 0 Å². The molecular formula is C14H28N2. The minimum atomic E-state index is 0.771. The Hall–Kier alpha value is -0.0800. The second kappa shape index (κ2) is 6.02. The van der Waals surface area contributed by atoms with Crippen LogP contribution in [0.5, 0.6) is 0 Å². The van der Waals surface area contributed by atoms with E-state index in [-0.39, 0.29) is 0 Å². The van der Waals surface area contributed by atoms with Crippen molar-refractivity contribution in [2.45, 2.75) is 64.5 Å². The third-order valence-electron chi connectivity index (χ3n) is 4.48. The summed E-state index contributed by atoms with van der Waals surface area (Å²) >= 11 is 0. The molecule has 1 saturated carbocycles. The highest BCUT2D eigenvalue weighted by molar-refractivity contribution is 4.89. The minimum Gasteiger partial charge on any atom is -0.313 e. The minimum absolute atomic E-state index is 0.771. The molecule has 2 unspecified atom stereocenters. The largest absolute Gasteiger partial charge is 0.313 e. The quantitative estimate of drug-likeness (QED) is 0.793. The van der Waals surface area contributed by atoms with Crippen molar-refractivity contribution in [2.75, 3.05) is 19.6 Å². The van der Waals surface area contributed by atoms with Crippen LogP contribution >= 0.6 is 0 Å². The third-order valence-corrected chi connectivity index (χ3v) is 4.48. The Bertz CT molecular complexity index is 195. The number of piperidine rings is 1. The van der Waals surface area contributed by atoms with Gasteiger partial charge < -0.3 is 5.32 Å². The zero-order valence-electron chi connectivity index (χ0n) is 11.0. The van der Waals surface area contributed by atoms with Crippen molar-refractivity contribution < 1.29 is 0 Å². The smallest absolute Gasteiger partial charge is 0.0249 e. The standard InChI is InChI=1S/C14H28N2/c1-3-15-13-6-4-5-7-14(13)16-10-8-12(2)9-11-16/h12-15H,3-11H2,1-2H3. The van der Waals surface area contributed by atoms with E-state index >= 15 is 0 Å². The first-order chi connectivity index (χ1) is 7.81. The molecule has 1 saturated heterocycles. The molecule has 16 heavy (non-hydrogen) atoms. The van der Waals surface area contributed by atoms with Gasteiger partial charge in [-0.05, 0) is 51.2 Å². The number of likely N-dealkylation sites (tertiary alicyclic amines) is 1. The lowest BCUT2D eigenvalue weighted by atomic mass is 9.87. The average molecular weight is 224 g/mol. The number of hydrogen-bond donors (Lipinski definition) is 1. The third kappa shape index (κ3) is 2.98. The Kier molecular flexibility index (Phi) is 4.66. The maximum absolute atomic E-state index is 3.70. The van der Waals surface area contributed by atoms with E-state index in [9.17, 15) is 0 Å². The molecule has 2 rings (SSSR count). The van der Waals surface area contributed by atoms with Gasteiger partial charge in [-0.15, -0.1) is 0 Å². The molecule has 2 atom stereocenters. The highest BCUT2D eigenvalue weighted by Crippen LogP contribution is 2.27. The van der Waals surface area contributed by atoms with Crippen molar-refractivity contribution in [1.82, 2.24) is 10.2 Å². The van der Waals surface area contributed by atoms with Crippen molar-refractivity contribution in [3.8, 4) is 0 Å². The monoisotopic (exact) mass is 224 g/mol. The van der Waals surface area contributed by atoms with E-state index in [1.165, 1.54) is 51.6 Å². The van der Waals surface area contributed by atoms with Gasteiger partial charge in [0.15, 0.2) is 0 Å². The van der Waals surface area contributed by atoms with E-state index in [4.69, 9.17) is 0 Å². The van der Waals surface area contributed by atoms with Gasteiger partial charge in [-0.2, -0.15) is 0 Å². The molecule has 94 valence electrons. The Labute approximate surface area is 101 Å². The maximum Gasteiger partial charge on any atom is 0.0249 e. The van der Waals surface area contributed by atoms with Gasteiger partial charge >= 0.3 is 0 Å². The normalized spacial score (nSPS) is 34.1. The lowest BCUT2D eigenvalue weighted by Gasteiger charge is -2.43. The summed E-state index contributed by atoms with van der Waals surface area (Å²) < 4.78 is 0. The Morgan fingerprint density at radius 1 is 1.06 bits per heavy atom. The first kappa shape index (κ1) is 12.4. The molecule has 2 fully saturated rings. The fraction of sp³-hybridized carbons (Fsp3) is 1.00. The summed E-state index contributed by atoms with van der Waals surface area (Å²) in [6, 6.07) is 1.60. The fourth-order valence-corrected chi connectivity index (χ4v) is 3.41. The van der Waals surface area contributed by atoms with Crippen molar-refractivity contribution in [2.24, 2.45) is 5.92 Å². The first-order valence-electron chi connectivity index (χ1n) is 7.28. The van der Waals surface area contributed by atoms with Crippen LogP contribution in [0.1, 0.15) is 52.4 Å². The summed E-state index contributed by atoms with van der Waals surface area (Å²) in [5.74, 6) is 0.956. The maximum atomic E-state index is 3.70. The van der Waals surface area contributed by atoms with E-state index < -0.39 is 0 Å². The van der Waals surface area contributed by atoms with Crippen LogP contribution < -0.4 is 5.32 Å². The van der Waals surface area contributed by atoms with Crippen LogP contribution in [0.15, 0.2) is 0 Å². The predicted molar refractivity (Wildman–Crippen MR) is 69.7 cm³/mol. The number of nitrogens with one attached hydrogen (secondary N) is 1. The van der Waals surface area contributed by atoms with Crippen LogP contribution in [0.2, 0.25) is 0 Å². The molecule has 2 nitrogen and oxygen atoms in total. The van der Waals surface area contributed by atoms with E-state index in [2.05, 4.69) is 24.1 Å². The molecule has 0 bridgehead atoms. The number of nitrogens with zero attached hydrogens (tertiary/aromatic N) is 1. The van der Waals surface area contributed by atoms with E-state index in [1.807, 2.05) is 0 Å². The molecule has 1 aliphatic heterocycles. The van der Waals surface area contributed by atoms with Crippen LogP contribution in [-0.4, -0.2) is 36.6 Å². The zero-order chi connectivity index (χ0) is 11.4. The topological polar surface area (TPSA) is 15.3 Å². The van der Waals surface area contributed by atoms with Gasteiger partial charge in [-0.25, -0.2) is 0 Å². The molecule has 0 aromatic heterocycles. The van der Waals surface area contributed by atoms with Gasteiger partial charge in [0, 0.05) is 12.1 Å². The molecule has 2 heteroatoms. The lowest BCUT2D eigenvalue weighted by Crippen LogP contribution is -2.53. The molecule has 1 N–H and O–H groups in total. The van der Waals surface area contributed by atoms with Gasteiger partial charge in [0.2, 0.25) is 0 Å². The summed E-state index contributed by atoms with van der Waals surface area (Å²) in [4.78, 5) is 2.77. The molecule has 0 aromatic rings. The van der Waals surface area contributed by atoms with E-state index in [0.29, 0.717) is 0 Å². The molecule has 0 aromatic carbocycles. The summed E-state index contributed by atoms with van der Waals surface area (Å²) in [7, 11) is 0. The van der Waals surface area contributed by atoms with Gasteiger partial charge in [0.25, 0.3) is 0 Å². The number of likely N-dealkylation sites (N-methyl/N-ethyl adjacent to an activating group) is 1. The van der Waals surface area contributed by atoms with Crippen LogP contribution in [0.3, 0.4) is 0 Å². The summed E-state index contributed by atoms with van der Waals surface area (Å²) in [6.07, 6.45) is 8.51. The van der Waals surface area contributed by atoms with Crippen LogP contribution in [0, 0.1) is 5.92 Å². The van der Waals surface area contributed by atoms with Crippen molar-refractivity contribution in [1.29, 1.82) is 0 Å². The molecule has 1 heterocycles.